The lowest BCUT2D eigenvalue weighted by atomic mass is 9.81. The lowest BCUT2D eigenvalue weighted by Crippen LogP contribution is -2.23. The molecule has 0 fully saturated rings. The van der Waals surface area contributed by atoms with Crippen LogP contribution in [0.15, 0.2) is 200 Å². The van der Waals surface area contributed by atoms with Gasteiger partial charge in [0.1, 0.15) is 0 Å². The van der Waals surface area contributed by atoms with Crippen LogP contribution in [0.3, 0.4) is 0 Å². The second-order valence-corrected chi connectivity index (χ2v) is 19.6. The first-order chi connectivity index (χ1) is 30.4. The molecule has 0 saturated heterocycles. The third kappa shape index (κ3) is 5.96. The summed E-state index contributed by atoms with van der Waals surface area (Å²) in [6.45, 7) is 7.11. The molecule has 12 rings (SSSR count). The zero-order valence-electron chi connectivity index (χ0n) is 35.0. The number of thiophene rings is 2. The van der Waals surface area contributed by atoms with Gasteiger partial charge in [-0.15, -0.1) is 22.7 Å². The Morgan fingerprint density at radius 3 is 1.73 bits per heavy atom. The van der Waals surface area contributed by atoms with Crippen molar-refractivity contribution < 1.29 is 0 Å². The smallest absolute Gasteiger partial charge is 0.0488 e. The highest BCUT2D eigenvalue weighted by Crippen LogP contribution is 2.51. The molecule has 2 aliphatic carbocycles. The van der Waals surface area contributed by atoms with E-state index in [1.54, 1.807) is 0 Å². The average Bonchev–Trinajstić information content (AvgIpc) is 3.94. The third-order valence-corrected chi connectivity index (χ3v) is 15.5. The maximum absolute atomic E-state index is 2.54. The van der Waals surface area contributed by atoms with E-state index >= 15 is 0 Å². The molecule has 0 saturated carbocycles. The van der Waals surface area contributed by atoms with E-state index in [1.165, 1.54) is 85.1 Å². The fraction of sp³-hybridized carbons (Fsp3) is 0.103. The predicted octanol–water partition coefficient (Wildman–Crippen LogP) is 17.5. The van der Waals surface area contributed by atoms with Gasteiger partial charge in [0.2, 0.25) is 0 Å². The van der Waals surface area contributed by atoms with Gasteiger partial charge in [0.05, 0.1) is 0 Å². The Bertz CT molecular complexity index is 3460. The van der Waals surface area contributed by atoms with Gasteiger partial charge in [-0.3, -0.25) is 0 Å². The highest BCUT2D eigenvalue weighted by Gasteiger charge is 2.35. The van der Waals surface area contributed by atoms with Crippen LogP contribution in [-0.4, -0.2) is 0 Å². The van der Waals surface area contributed by atoms with Gasteiger partial charge < -0.3 is 9.80 Å². The summed E-state index contributed by atoms with van der Waals surface area (Å²) in [5.74, 6) is 0.324. The van der Waals surface area contributed by atoms with Crippen LogP contribution in [0.1, 0.15) is 38.3 Å². The molecule has 0 amide bonds. The number of anilines is 5. The number of nitrogens with zero attached hydrogens (tertiary/aromatic N) is 2. The Morgan fingerprint density at radius 1 is 0.452 bits per heavy atom. The highest BCUT2D eigenvalue weighted by molar-refractivity contribution is 7.26. The van der Waals surface area contributed by atoms with Crippen molar-refractivity contribution in [3.63, 3.8) is 0 Å². The van der Waals surface area contributed by atoms with Crippen LogP contribution >= 0.6 is 22.7 Å². The molecule has 0 aliphatic heterocycles. The van der Waals surface area contributed by atoms with Gasteiger partial charge in [-0.2, -0.15) is 0 Å². The number of fused-ring (bicyclic) bond motifs is 9. The summed E-state index contributed by atoms with van der Waals surface area (Å²) >= 11 is 3.75. The van der Waals surface area contributed by atoms with Crippen molar-refractivity contribution in [3.05, 3.63) is 211 Å². The largest absolute Gasteiger partial charge is 0.314 e. The van der Waals surface area contributed by atoms with E-state index in [1.807, 2.05) is 22.7 Å². The number of rotatable bonds is 7. The van der Waals surface area contributed by atoms with Gasteiger partial charge in [-0.05, 0) is 119 Å². The zero-order chi connectivity index (χ0) is 41.5. The molecular formula is C58H44N2S2. The van der Waals surface area contributed by atoms with Crippen molar-refractivity contribution in [3.8, 4) is 22.3 Å². The van der Waals surface area contributed by atoms with Gasteiger partial charge in [-0.25, -0.2) is 0 Å². The van der Waals surface area contributed by atoms with E-state index in [-0.39, 0.29) is 5.41 Å². The zero-order valence-corrected chi connectivity index (χ0v) is 36.6. The SMILES string of the molecule is CC1CC=CC=C1N(c1cc(-c2ccc3c(c2)C(C)(C)c2ccccc2-3)cc(N(c2ccccc2)c2ccc3c(c2)sc2ccccc23)c1)c1ccc2c(c1)sc1ccccc12. The molecule has 1 unspecified atom stereocenters. The molecule has 62 heavy (non-hydrogen) atoms. The number of allylic oxidation sites excluding steroid dienone is 4. The molecule has 4 heteroatoms. The average molecular weight is 833 g/mol. The number of hydrogen-bond donors (Lipinski definition) is 0. The van der Waals surface area contributed by atoms with Crippen molar-refractivity contribution >= 4 is 91.5 Å². The molecule has 8 aromatic carbocycles. The summed E-state index contributed by atoms with van der Waals surface area (Å²) in [5.41, 5.74) is 14.7. The van der Waals surface area contributed by atoms with Crippen LogP contribution in [-0.2, 0) is 5.41 Å². The Hall–Kier alpha value is -6.72. The quantitative estimate of drug-likeness (QED) is 0.158. The van der Waals surface area contributed by atoms with Gasteiger partial charge in [0.15, 0.2) is 0 Å². The lowest BCUT2D eigenvalue weighted by Gasteiger charge is -2.34. The van der Waals surface area contributed by atoms with Gasteiger partial charge in [0, 0.05) is 85.8 Å². The van der Waals surface area contributed by atoms with Gasteiger partial charge in [0.25, 0.3) is 0 Å². The van der Waals surface area contributed by atoms with E-state index in [9.17, 15) is 0 Å². The maximum Gasteiger partial charge on any atom is 0.0488 e. The van der Waals surface area contributed by atoms with Crippen molar-refractivity contribution in [2.45, 2.75) is 32.6 Å². The van der Waals surface area contributed by atoms with Crippen LogP contribution in [0.4, 0.5) is 28.4 Å². The van der Waals surface area contributed by atoms with Crippen molar-refractivity contribution in [1.82, 2.24) is 0 Å². The standard InChI is InChI=1S/C58H44N2S2/c1-37-15-7-12-22-53(37)60(42-27-30-50-48-20-10-14-24-55(48)62-57(50)36-42)44-32-39(38-25-28-46-45-18-8-11-21-51(45)58(2,3)52(46)33-38)31-43(34-44)59(40-16-5-4-6-17-40)41-26-29-49-47-19-9-13-23-54(47)61-56(49)35-41/h4-14,16-37H,15H2,1-3H3. The lowest BCUT2D eigenvalue weighted by molar-refractivity contribution is 0.660. The predicted molar refractivity (Wildman–Crippen MR) is 269 cm³/mol. The second-order valence-electron chi connectivity index (χ2n) is 17.4. The van der Waals surface area contributed by atoms with Crippen molar-refractivity contribution in [2.24, 2.45) is 5.92 Å². The van der Waals surface area contributed by atoms with E-state index in [4.69, 9.17) is 0 Å². The van der Waals surface area contributed by atoms with Gasteiger partial charge >= 0.3 is 0 Å². The summed E-state index contributed by atoms with van der Waals surface area (Å²) in [7, 11) is 0. The maximum atomic E-state index is 2.54. The van der Waals surface area contributed by atoms with Gasteiger partial charge in [-0.1, -0.05) is 136 Å². The summed E-state index contributed by atoms with van der Waals surface area (Å²) in [5, 5.41) is 5.24. The number of hydrogen-bond acceptors (Lipinski definition) is 4. The molecule has 1 atom stereocenters. The number of benzene rings is 8. The Balaban J connectivity index is 1.11. The second kappa shape index (κ2) is 14.4. The summed E-state index contributed by atoms with van der Waals surface area (Å²) in [4.78, 5) is 4.99. The third-order valence-electron chi connectivity index (χ3n) is 13.2. The van der Waals surface area contributed by atoms with E-state index in [0.29, 0.717) is 5.92 Å². The first kappa shape index (κ1) is 37.1. The summed E-state index contributed by atoms with van der Waals surface area (Å²) in [6.07, 6.45) is 7.86. The van der Waals surface area contributed by atoms with E-state index in [0.717, 1.165) is 29.2 Å². The van der Waals surface area contributed by atoms with Crippen LogP contribution in [0.25, 0.3) is 62.6 Å². The first-order valence-corrected chi connectivity index (χ1v) is 23.3. The Kier molecular flexibility index (Phi) is 8.64. The van der Waals surface area contributed by atoms with Crippen LogP contribution in [0, 0.1) is 5.92 Å². The highest BCUT2D eigenvalue weighted by atomic mass is 32.1. The van der Waals surface area contributed by atoms with Crippen LogP contribution in [0.2, 0.25) is 0 Å². The molecule has 0 bridgehead atoms. The van der Waals surface area contributed by atoms with Crippen LogP contribution in [0.5, 0.6) is 0 Å². The molecular weight excluding hydrogens is 789 g/mol. The monoisotopic (exact) mass is 832 g/mol. The molecule has 2 nitrogen and oxygen atoms in total. The molecule has 2 heterocycles. The topological polar surface area (TPSA) is 6.48 Å². The molecule has 298 valence electrons. The fourth-order valence-corrected chi connectivity index (χ4v) is 12.4. The fourth-order valence-electron chi connectivity index (χ4n) is 10.1. The molecule has 2 aliphatic rings. The van der Waals surface area contributed by atoms with Crippen molar-refractivity contribution in [2.75, 3.05) is 9.80 Å². The molecule has 0 N–H and O–H groups in total. The van der Waals surface area contributed by atoms with Crippen molar-refractivity contribution in [1.29, 1.82) is 0 Å². The normalized spacial score (nSPS) is 15.3. The summed E-state index contributed by atoms with van der Waals surface area (Å²) < 4.78 is 5.21. The van der Waals surface area contributed by atoms with Crippen LogP contribution < -0.4 is 9.80 Å². The molecule has 0 radical (unpaired) electrons. The minimum absolute atomic E-state index is 0.113. The minimum Gasteiger partial charge on any atom is -0.314 e. The summed E-state index contributed by atoms with van der Waals surface area (Å²) in [6, 6.07) is 65.9. The molecule has 10 aromatic rings. The molecule has 0 spiro atoms. The van der Waals surface area contributed by atoms with E-state index in [2.05, 4.69) is 225 Å². The molecule has 2 aromatic heterocycles. The number of para-hydroxylation sites is 1. The minimum atomic E-state index is -0.113. The van der Waals surface area contributed by atoms with E-state index < -0.39 is 0 Å². The Morgan fingerprint density at radius 2 is 1.03 bits per heavy atom. The Labute approximate surface area is 371 Å². The first-order valence-electron chi connectivity index (χ1n) is 21.6.